The second kappa shape index (κ2) is 5.64. The lowest BCUT2D eigenvalue weighted by molar-refractivity contribution is 0.0333. The number of benzene rings is 1. The minimum atomic E-state index is 0.335. The maximum atomic E-state index is 6.05. The van der Waals surface area contributed by atoms with Crippen molar-refractivity contribution >= 4 is 0 Å². The molecule has 3 atom stereocenters. The summed E-state index contributed by atoms with van der Waals surface area (Å²) >= 11 is 0. The van der Waals surface area contributed by atoms with Gasteiger partial charge in [0.2, 0.25) is 0 Å². The highest BCUT2D eigenvalue weighted by molar-refractivity contribution is 5.35. The molecule has 0 amide bonds. The maximum Gasteiger partial charge on any atom is 0.0774 e. The monoisotopic (exact) mass is 259 g/mol. The third-order valence-corrected chi connectivity index (χ3v) is 4.68. The Bertz CT molecular complexity index is 443. The highest BCUT2D eigenvalue weighted by atomic mass is 16.5. The summed E-state index contributed by atoms with van der Waals surface area (Å²) < 4.78 is 6.05. The van der Waals surface area contributed by atoms with Gasteiger partial charge in [-0.15, -0.1) is 0 Å². The quantitative estimate of drug-likeness (QED) is 0.898. The normalized spacial score (nSPS) is 28.1. The van der Waals surface area contributed by atoms with Gasteiger partial charge in [-0.25, -0.2) is 0 Å². The van der Waals surface area contributed by atoms with Crippen LogP contribution < -0.4 is 5.32 Å². The van der Waals surface area contributed by atoms with Crippen LogP contribution in [-0.2, 0) is 17.6 Å². The molecule has 0 radical (unpaired) electrons. The minimum absolute atomic E-state index is 0.335. The van der Waals surface area contributed by atoms with Crippen LogP contribution in [0.15, 0.2) is 18.2 Å². The van der Waals surface area contributed by atoms with E-state index in [1.54, 1.807) is 11.1 Å². The number of hydrogen-bond acceptors (Lipinski definition) is 2. The Morgan fingerprint density at radius 1 is 1.16 bits per heavy atom. The van der Waals surface area contributed by atoms with E-state index in [1.807, 2.05) is 0 Å². The number of likely N-dealkylation sites (N-methyl/N-ethyl adjacent to an activating group) is 1. The topological polar surface area (TPSA) is 21.3 Å². The van der Waals surface area contributed by atoms with Gasteiger partial charge in [0, 0.05) is 0 Å². The first-order valence-corrected chi connectivity index (χ1v) is 7.72. The summed E-state index contributed by atoms with van der Waals surface area (Å²) in [6.07, 6.45) is 8.32. The van der Waals surface area contributed by atoms with Crippen molar-refractivity contribution in [1.82, 2.24) is 5.32 Å². The summed E-state index contributed by atoms with van der Waals surface area (Å²) in [7, 11) is 2.05. The Labute approximate surface area is 116 Å². The van der Waals surface area contributed by atoms with E-state index in [1.165, 1.54) is 44.1 Å². The summed E-state index contributed by atoms with van der Waals surface area (Å²) in [5.74, 6) is 0. The van der Waals surface area contributed by atoms with Crippen molar-refractivity contribution in [3.05, 3.63) is 34.9 Å². The van der Waals surface area contributed by atoms with Crippen LogP contribution in [0.5, 0.6) is 0 Å². The van der Waals surface area contributed by atoms with Crippen LogP contribution in [0.1, 0.15) is 55.3 Å². The average molecular weight is 259 g/mol. The third kappa shape index (κ3) is 2.70. The van der Waals surface area contributed by atoms with E-state index >= 15 is 0 Å². The van der Waals surface area contributed by atoms with Crippen molar-refractivity contribution in [3.8, 4) is 0 Å². The van der Waals surface area contributed by atoms with Crippen molar-refractivity contribution < 1.29 is 4.74 Å². The van der Waals surface area contributed by atoms with E-state index in [9.17, 15) is 0 Å². The van der Waals surface area contributed by atoms with Crippen molar-refractivity contribution in [2.45, 2.75) is 63.7 Å². The number of nitrogens with one attached hydrogen (secondary N) is 1. The molecule has 0 aromatic heterocycles. The molecule has 1 aliphatic heterocycles. The second-order valence-electron chi connectivity index (χ2n) is 6.06. The van der Waals surface area contributed by atoms with E-state index in [2.05, 4.69) is 37.5 Å². The van der Waals surface area contributed by atoms with Gasteiger partial charge in [0.1, 0.15) is 0 Å². The van der Waals surface area contributed by atoms with Crippen LogP contribution in [0.2, 0.25) is 0 Å². The molecule has 1 fully saturated rings. The molecule has 0 bridgehead atoms. The van der Waals surface area contributed by atoms with E-state index in [-0.39, 0.29) is 0 Å². The van der Waals surface area contributed by atoms with Crippen LogP contribution in [0.25, 0.3) is 0 Å². The summed E-state index contributed by atoms with van der Waals surface area (Å²) in [5.41, 5.74) is 4.53. The Balaban J connectivity index is 1.83. The van der Waals surface area contributed by atoms with Gasteiger partial charge in [-0.2, -0.15) is 0 Å². The predicted molar refractivity (Wildman–Crippen MR) is 78.5 cm³/mol. The molecule has 1 aliphatic carbocycles. The Kier molecular flexibility index (Phi) is 3.90. The number of hydrogen-bond donors (Lipinski definition) is 1. The van der Waals surface area contributed by atoms with Crippen molar-refractivity contribution in [2.24, 2.45) is 0 Å². The van der Waals surface area contributed by atoms with Gasteiger partial charge in [0.05, 0.1) is 18.2 Å². The third-order valence-electron chi connectivity index (χ3n) is 4.68. The van der Waals surface area contributed by atoms with Crippen molar-refractivity contribution in [2.75, 3.05) is 7.05 Å². The zero-order valence-electron chi connectivity index (χ0n) is 12.1. The molecule has 2 aliphatic rings. The zero-order chi connectivity index (χ0) is 13.2. The van der Waals surface area contributed by atoms with Gasteiger partial charge < -0.3 is 10.1 Å². The number of rotatable bonds is 3. The molecule has 3 rings (SSSR count). The first-order chi connectivity index (χ1) is 9.28. The smallest absolute Gasteiger partial charge is 0.0774 e. The summed E-state index contributed by atoms with van der Waals surface area (Å²) in [6.45, 7) is 2.18. The van der Waals surface area contributed by atoms with Gasteiger partial charge in [0.25, 0.3) is 0 Å². The molecule has 1 aromatic rings. The molecule has 1 aromatic carbocycles. The highest BCUT2D eigenvalue weighted by Gasteiger charge is 2.30. The molecule has 3 unspecified atom stereocenters. The van der Waals surface area contributed by atoms with Crippen LogP contribution in [-0.4, -0.2) is 19.3 Å². The molecule has 0 saturated carbocycles. The lowest BCUT2D eigenvalue weighted by atomic mass is 9.88. The molecular formula is C17H25NO. The molecule has 2 nitrogen and oxygen atoms in total. The maximum absolute atomic E-state index is 6.05. The molecule has 0 spiro atoms. The first kappa shape index (κ1) is 13.1. The predicted octanol–water partition coefficient (Wildman–Crippen LogP) is 3.39. The fraction of sp³-hybridized carbons (Fsp3) is 0.647. The van der Waals surface area contributed by atoms with E-state index < -0.39 is 0 Å². The van der Waals surface area contributed by atoms with E-state index in [4.69, 9.17) is 4.74 Å². The fourth-order valence-corrected chi connectivity index (χ4v) is 3.59. The van der Waals surface area contributed by atoms with Crippen molar-refractivity contribution in [1.29, 1.82) is 0 Å². The standard InChI is InChI=1S/C17H25NO/c1-12-7-10-16(19-12)17(18-2)15-9-8-13-5-3-4-6-14(13)11-15/h8-9,11-12,16-18H,3-7,10H2,1-2H3. The van der Waals surface area contributed by atoms with Crippen LogP contribution >= 0.6 is 0 Å². The number of fused-ring (bicyclic) bond motifs is 1. The van der Waals surface area contributed by atoms with Gasteiger partial charge in [-0.1, -0.05) is 18.2 Å². The number of ether oxygens (including phenoxy) is 1. The lowest BCUT2D eigenvalue weighted by Crippen LogP contribution is -2.29. The highest BCUT2D eigenvalue weighted by Crippen LogP contribution is 2.32. The molecule has 104 valence electrons. The zero-order valence-corrected chi connectivity index (χ0v) is 12.1. The van der Waals surface area contributed by atoms with E-state index in [0.717, 1.165) is 0 Å². The molecule has 1 N–H and O–H groups in total. The van der Waals surface area contributed by atoms with Gasteiger partial charge in [0.15, 0.2) is 0 Å². The summed E-state index contributed by atoms with van der Waals surface area (Å²) in [6, 6.07) is 7.41. The Morgan fingerprint density at radius 2 is 1.95 bits per heavy atom. The van der Waals surface area contributed by atoms with Gasteiger partial charge in [-0.05, 0) is 69.2 Å². The molecule has 2 heteroatoms. The first-order valence-electron chi connectivity index (χ1n) is 7.72. The second-order valence-corrected chi connectivity index (χ2v) is 6.06. The largest absolute Gasteiger partial charge is 0.373 e. The molecular weight excluding hydrogens is 234 g/mol. The molecule has 1 saturated heterocycles. The average Bonchev–Trinajstić information content (AvgIpc) is 2.86. The minimum Gasteiger partial charge on any atom is -0.373 e. The fourth-order valence-electron chi connectivity index (χ4n) is 3.59. The Morgan fingerprint density at radius 3 is 2.63 bits per heavy atom. The number of aryl methyl sites for hydroxylation is 2. The van der Waals surface area contributed by atoms with Gasteiger partial charge >= 0.3 is 0 Å². The molecule has 19 heavy (non-hydrogen) atoms. The Hall–Kier alpha value is -0.860. The van der Waals surface area contributed by atoms with Crippen LogP contribution in [0.3, 0.4) is 0 Å². The van der Waals surface area contributed by atoms with Crippen LogP contribution in [0.4, 0.5) is 0 Å². The van der Waals surface area contributed by atoms with Gasteiger partial charge in [-0.3, -0.25) is 0 Å². The molecule has 1 heterocycles. The summed E-state index contributed by atoms with van der Waals surface area (Å²) in [5, 5.41) is 3.46. The summed E-state index contributed by atoms with van der Waals surface area (Å²) in [4.78, 5) is 0. The van der Waals surface area contributed by atoms with E-state index in [0.29, 0.717) is 18.2 Å². The SMILES string of the molecule is CNC(c1ccc2c(c1)CCCC2)C1CCC(C)O1. The van der Waals surface area contributed by atoms with Crippen molar-refractivity contribution in [3.63, 3.8) is 0 Å². The van der Waals surface area contributed by atoms with Crippen LogP contribution in [0, 0.1) is 0 Å². The lowest BCUT2D eigenvalue weighted by Gasteiger charge is -2.25.